The number of amides is 2. The molecule has 136 valence electrons. The van der Waals surface area contributed by atoms with Crippen molar-refractivity contribution in [3.8, 4) is 0 Å². The molecule has 2 amide bonds. The van der Waals surface area contributed by atoms with Crippen molar-refractivity contribution in [1.82, 2.24) is 4.98 Å². The second-order valence-corrected chi connectivity index (χ2v) is 7.15. The molecule has 7 heteroatoms. The SMILES string of the molecule is CC(C)c1ncc(NC(=O)C2(C(=O)Nc3ccc(F)cc3)CC2)cc1Cl. The highest BCUT2D eigenvalue weighted by Crippen LogP contribution is 2.47. The summed E-state index contributed by atoms with van der Waals surface area (Å²) in [6, 6.07) is 7.04. The zero-order valence-electron chi connectivity index (χ0n) is 14.5. The van der Waals surface area contributed by atoms with Gasteiger partial charge in [0.2, 0.25) is 11.8 Å². The molecular weight excluding hydrogens is 357 g/mol. The first kappa shape index (κ1) is 18.3. The van der Waals surface area contributed by atoms with E-state index in [0.29, 0.717) is 29.2 Å². The van der Waals surface area contributed by atoms with E-state index < -0.39 is 23.0 Å². The predicted octanol–water partition coefficient (Wildman–Crippen LogP) is 4.35. The highest BCUT2D eigenvalue weighted by molar-refractivity contribution is 6.31. The van der Waals surface area contributed by atoms with Crippen LogP contribution in [0.3, 0.4) is 0 Å². The number of hydrogen-bond acceptors (Lipinski definition) is 3. The third kappa shape index (κ3) is 3.70. The Hall–Kier alpha value is -2.47. The van der Waals surface area contributed by atoms with Gasteiger partial charge in [0.25, 0.3) is 0 Å². The number of aromatic nitrogens is 1. The molecule has 26 heavy (non-hydrogen) atoms. The van der Waals surface area contributed by atoms with Crippen LogP contribution in [0.25, 0.3) is 0 Å². The zero-order valence-corrected chi connectivity index (χ0v) is 15.2. The molecule has 0 atom stereocenters. The van der Waals surface area contributed by atoms with Gasteiger partial charge in [0.15, 0.2) is 0 Å². The second kappa shape index (κ2) is 7.03. The summed E-state index contributed by atoms with van der Waals surface area (Å²) in [5.41, 5.74) is 0.531. The van der Waals surface area contributed by atoms with Crippen LogP contribution in [-0.2, 0) is 9.59 Å². The summed E-state index contributed by atoms with van der Waals surface area (Å²) in [6.07, 6.45) is 2.45. The number of anilines is 2. The Morgan fingerprint density at radius 2 is 1.69 bits per heavy atom. The average molecular weight is 376 g/mol. The van der Waals surface area contributed by atoms with Crippen LogP contribution in [0.15, 0.2) is 36.5 Å². The lowest BCUT2D eigenvalue weighted by atomic mass is 10.0. The summed E-state index contributed by atoms with van der Waals surface area (Å²) >= 11 is 6.20. The van der Waals surface area contributed by atoms with Gasteiger partial charge in [-0.2, -0.15) is 0 Å². The maximum atomic E-state index is 13.0. The van der Waals surface area contributed by atoms with E-state index in [2.05, 4.69) is 15.6 Å². The summed E-state index contributed by atoms with van der Waals surface area (Å²) in [6.45, 7) is 3.96. The van der Waals surface area contributed by atoms with Crippen molar-refractivity contribution in [3.05, 3.63) is 53.1 Å². The van der Waals surface area contributed by atoms with Gasteiger partial charge in [0.05, 0.1) is 22.6 Å². The Bertz CT molecular complexity index is 848. The van der Waals surface area contributed by atoms with E-state index in [1.807, 2.05) is 13.8 Å². The highest BCUT2D eigenvalue weighted by atomic mass is 35.5. The quantitative estimate of drug-likeness (QED) is 0.763. The Morgan fingerprint density at radius 3 is 2.19 bits per heavy atom. The summed E-state index contributed by atoms with van der Waals surface area (Å²) < 4.78 is 13.0. The molecule has 2 N–H and O–H groups in total. The van der Waals surface area contributed by atoms with Gasteiger partial charge >= 0.3 is 0 Å². The Morgan fingerprint density at radius 1 is 1.12 bits per heavy atom. The molecule has 5 nitrogen and oxygen atoms in total. The molecule has 1 aromatic heterocycles. The first-order valence-corrected chi connectivity index (χ1v) is 8.73. The lowest BCUT2D eigenvalue weighted by Gasteiger charge is -2.16. The van der Waals surface area contributed by atoms with Gasteiger partial charge in [-0.05, 0) is 49.1 Å². The Labute approximate surface area is 156 Å². The standard InChI is InChI=1S/C19H19ClFN3O2/c1-11(2)16-15(20)9-14(10-22-16)24-18(26)19(7-8-19)17(25)23-13-5-3-12(21)4-6-13/h3-6,9-11H,7-8H2,1-2H3,(H,23,25)(H,24,26). The smallest absolute Gasteiger partial charge is 0.240 e. The molecule has 3 rings (SSSR count). The monoisotopic (exact) mass is 375 g/mol. The molecule has 0 unspecified atom stereocenters. The third-order valence-electron chi connectivity index (χ3n) is 4.40. The van der Waals surface area contributed by atoms with Crippen LogP contribution in [0.5, 0.6) is 0 Å². The number of nitrogens with one attached hydrogen (secondary N) is 2. The molecule has 1 heterocycles. The maximum Gasteiger partial charge on any atom is 0.240 e. The van der Waals surface area contributed by atoms with E-state index in [9.17, 15) is 14.0 Å². The van der Waals surface area contributed by atoms with Crippen LogP contribution in [-0.4, -0.2) is 16.8 Å². The highest BCUT2D eigenvalue weighted by Gasteiger charge is 2.56. The van der Waals surface area contributed by atoms with Crippen LogP contribution >= 0.6 is 11.6 Å². The van der Waals surface area contributed by atoms with Crippen molar-refractivity contribution in [2.45, 2.75) is 32.6 Å². The van der Waals surface area contributed by atoms with Gasteiger partial charge in [-0.25, -0.2) is 4.39 Å². The van der Waals surface area contributed by atoms with Gasteiger partial charge in [-0.3, -0.25) is 14.6 Å². The van der Waals surface area contributed by atoms with Crippen LogP contribution in [0.2, 0.25) is 5.02 Å². The largest absolute Gasteiger partial charge is 0.325 e. The van der Waals surface area contributed by atoms with E-state index >= 15 is 0 Å². The lowest BCUT2D eigenvalue weighted by molar-refractivity contribution is -0.131. The summed E-state index contributed by atoms with van der Waals surface area (Å²) in [5, 5.41) is 5.86. The molecule has 1 aliphatic carbocycles. The molecule has 0 saturated heterocycles. The van der Waals surface area contributed by atoms with E-state index in [0.717, 1.165) is 5.69 Å². The summed E-state index contributed by atoms with van der Waals surface area (Å²) in [4.78, 5) is 29.4. The van der Waals surface area contributed by atoms with Crippen LogP contribution in [0.1, 0.15) is 38.3 Å². The fourth-order valence-corrected chi connectivity index (χ4v) is 3.04. The minimum Gasteiger partial charge on any atom is -0.325 e. The number of pyridine rings is 1. The molecule has 1 saturated carbocycles. The molecule has 1 aromatic carbocycles. The van der Waals surface area contributed by atoms with Crippen LogP contribution in [0.4, 0.5) is 15.8 Å². The molecule has 1 aliphatic rings. The normalized spacial score (nSPS) is 14.8. The van der Waals surface area contributed by atoms with Crippen molar-refractivity contribution in [3.63, 3.8) is 0 Å². The van der Waals surface area contributed by atoms with Crippen LogP contribution in [0, 0.1) is 11.2 Å². The average Bonchev–Trinajstić information content (AvgIpc) is 3.38. The van der Waals surface area contributed by atoms with Gasteiger partial charge in [-0.1, -0.05) is 25.4 Å². The number of nitrogens with zero attached hydrogens (tertiary/aromatic N) is 1. The summed E-state index contributed by atoms with van der Waals surface area (Å²) in [7, 11) is 0. The fourth-order valence-electron chi connectivity index (χ4n) is 2.66. The first-order chi connectivity index (χ1) is 12.3. The molecule has 0 spiro atoms. The number of carbonyl (C=O) groups is 2. The fraction of sp³-hybridized carbons (Fsp3) is 0.316. The Balaban J connectivity index is 1.69. The van der Waals surface area contributed by atoms with Crippen molar-refractivity contribution in [2.75, 3.05) is 10.6 Å². The van der Waals surface area contributed by atoms with Crippen molar-refractivity contribution in [2.24, 2.45) is 5.41 Å². The summed E-state index contributed by atoms with van der Waals surface area (Å²) in [5.74, 6) is -1.02. The van der Waals surface area contributed by atoms with Crippen LogP contribution < -0.4 is 10.6 Å². The predicted molar refractivity (Wildman–Crippen MR) is 98.7 cm³/mol. The number of rotatable bonds is 5. The van der Waals surface area contributed by atoms with Gasteiger partial charge in [0, 0.05) is 5.69 Å². The lowest BCUT2D eigenvalue weighted by Crippen LogP contribution is -2.35. The first-order valence-electron chi connectivity index (χ1n) is 8.36. The van der Waals surface area contributed by atoms with E-state index in [4.69, 9.17) is 11.6 Å². The molecule has 0 bridgehead atoms. The van der Waals surface area contributed by atoms with Gasteiger partial charge < -0.3 is 10.6 Å². The molecule has 2 aromatic rings. The zero-order chi connectivity index (χ0) is 18.9. The Kier molecular flexibility index (Phi) is 4.96. The molecule has 0 radical (unpaired) electrons. The second-order valence-electron chi connectivity index (χ2n) is 6.74. The van der Waals surface area contributed by atoms with Crippen molar-refractivity contribution >= 4 is 34.8 Å². The van der Waals surface area contributed by atoms with E-state index in [1.54, 1.807) is 6.07 Å². The van der Waals surface area contributed by atoms with E-state index in [1.165, 1.54) is 30.5 Å². The number of hydrogen-bond donors (Lipinski definition) is 2. The topological polar surface area (TPSA) is 71.1 Å². The molecule has 0 aliphatic heterocycles. The minimum atomic E-state index is -1.11. The molecular formula is C19H19ClFN3O2. The van der Waals surface area contributed by atoms with Crippen molar-refractivity contribution in [1.29, 1.82) is 0 Å². The minimum absolute atomic E-state index is 0.170. The number of halogens is 2. The maximum absolute atomic E-state index is 13.0. The number of benzene rings is 1. The van der Waals surface area contributed by atoms with E-state index in [-0.39, 0.29) is 5.92 Å². The third-order valence-corrected chi connectivity index (χ3v) is 4.70. The van der Waals surface area contributed by atoms with Gasteiger partial charge in [-0.15, -0.1) is 0 Å². The number of carbonyl (C=O) groups excluding carboxylic acids is 2. The molecule has 1 fully saturated rings. The van der Waals surface area contributed by atoms with Crippen molar-refractivity contribution < 1.29 is 14.0 Å². The van der Waals surface area contributed by atoms with Gasteiger partial charge in [0.1, 0.15) is 11.2 Å².